The van der Waals surface area contributed by atoms with E-state index in [0.717, 1.165) is 28.2 Å². The second-order valence-corrected chi connectivity index (χ2v) is 11.4. The number of benzene rings is 3. The molecular weight excluding hydrogens is 572 g/mol. The number of rotatable bonds is 9. The number of ether oxygens (including phenoxy) is 10. The van der Waals surface area contributed by atoms with Crippen LogP contribution in [0.5, 0.6) is 40.2 Å². The fourth-order valence-corrected chi connectivity index (χ4v) is 6.71. The summed E-state index contributed by atoms with van der Waals surface area (Å²) >= 11 is 0. The van der Waals surface area contributed by atoms with Gasteiger partial charge >= 0.3 is 0 Å². The molecule has 3 aromatic carbocycles. The molecule has 0 amide bonds. The highest BCUT2D eigenvalue weighted by Crippen LogP contribution is 2.53. The molecule has 4 aliphatic heterocycles. The normalized spacial score (nSPS) is 28.2. The third-order valence-electron chi connectivity index (χ3n) is 8.93. The maximum Gasteiger partial charge on any atom is 0.232 e. The van der Waals surface area contributed by atoms with E-state index in [4.69, 9.17) is 47.4 Å². The quantitative estimate of drug-likeness (QED) is 0.377. The molecule has 234 valence electrons. The fourth-order valence-electron chi connectivity index (χ4n) is 6.71. The van der Waals surface area contributed by atoms with E-state index in [0.29, 0.717) is 41.8 Å². The predicted molar refractivity (Wildman–Crippen MR) is 155 cm³/mol. The minimum Gasteiger partial charge on any atom is -0.496 e. The van der Waals surface area contributed by atoms with Crippen LogP contribution in [0.4, 0.5) is 0 Å². The summed E-state index contributed by atoms with van der Waals surface area (Å²) in [5, 5.41) is 11.9. The first-order valence-corrected chi connectivity index (χ1v) is 14.6. The molecule has 0 radical (unpaired) electrons. The maximum atomic E-state index is 11.9. The first-order chi connectivity index (χ1) is 21.5. The van der Waals surface area contributed by atoms with E-state index in [1.807, 2.05) is 24.3 Å². The van der Waals surface area contributed by atoms with Crippen molar-refractivity contribution in [2.45, 2.75) is 30.5 Å². The fraction of sp³-hybridized carbons (Fsp3) is 0.455. The van der Waals surface area contributed by atoms with Gasteiger partial charge in [-0.05, 0) is 47.9 Å². The van der Waals surface area contributed by atoms with Gasteiger partial charge in [0.05, 0.1) is 53.2 Å². The first-order valence-electron chi connectivity index (χ1n) is 14.6. The highest BCUT2D eigenvalue weighted by Gasteiger charge is 2.61. The second kappa shape index (κ2) is 11.6. The molecule has 3 aromatic rings. The zero-order chi connectivity index (χ0) is 30.4. The lowest BCUT2D eigenvalue weighted by molar-refractivity contribution is -0.153. The Hall–Kier alpha value is -3.90. The van der Waals surface area contributed by atoms with Gasteiger partial charge in [-0.2, -0.15) is 0 Å². The Labute approximate surface area is 255 Å². The van der Waals surface area contributed by atoms with Crippen LogP contribution >= 0.6 is 0 Å². The average Bonchev–Trinajstić information content (AvgIpc) is 3.74. The molecule has 2 saturated heterocycles. The number of aliphatic hydroxyl groups is 1. The third kappa shape index (κ3) is 4.75. The van der Waals surface area contributed by atoms with E-state index >= 15 is 0 Å². The summed E-state index contributed by atoms with van der Waals surface area (Å²) < 4.78 is 58.7. The van der Waals surface area contributed by atoms with Gasteiger partial charge in [0.1, 0.15) is 17.6 Å². The Bertz CT molecular complexity index is 1500. The highest BCUT2D eigenvalue weighted by atomic mass is 16.7. The van der Waals surface area contributed by atoms with Gasteiger partial charge in [0.2, 0.25) is 18.8 Å². The maximum absolute atomic E-state index is 11.9. The number of para-hydroxylation sites is 1. The molecule has 4 aliphatic rings. The van der Waals surface area contributed by atoms with E-state index in [9.17, 15) is 5.11 Å². The molecule has 0 aliphatic carbocycles. The molecular formula is C33H36O11. The molecule has 2 fully saturated rings. The molecule has 1 N–H and O–H groups in total. The first kappa shape index (κ1) is 28.8. The molecule has 11 heteroatoms. The van der Waals surface area contributed by atoms with E-state index in [-0.39, 0.29) is 32.0 Å². The van der Waals surface area contributed by atoms with Crippen molar-refractivity contribution in [2.75, 3.05) is 55.1 Å². The summed E-state index contributed by atoms with van der Waals surface area (Å²) in [6, 6.07) is 15.2. The van der Waals surface area contributed by atoms with Crippen molar-refractivity contribution in [3.05, 3.63) is 65.2 Å². The topological polar surface area (TPSA) is 113 Å². The zero-order valence-electron chi connectivity index (χ0n) is 25.1. The number of hydrogen-bond acceptors (Lipinski definition) is 11. The van der Waals surface area contributed by atoms with Crippen molar-refractivity contribution in [1.82, 2.24) is 0 Å². The third-order valence-corrected chi connectivity index (χ3v) is 8.93. The van der Waals surface area contributed by atoms with Crippen molar-refractivity contribution < 1.29 is 52.5 Å². The van der Waals surface area contributed by atoms with Crippen LogP contribution in [0, 0.1) is 11.8 Å². The minimum absolute atomic E-state index is 0.0136. The Kier molecular flexibility index (Phi) is 7.57. The molecule has 0 bridgehead atoms. The summed E-state index contributed by atoms with van der Waals surface area (Å²) in [6.45, 7) is 0.945. The Balaban J connectivity index is 1.17. The molecule has 0 saturated carbocycles. The summed E-state index contributed by atoms with van der Waals surface area (Å²) in [5.41, 5.74) is 1.38. The van der Waals surface area contributed by atoms with Crippen LogP contribution in [-0.2, 0) is 20.6 Å². The Morgan fingerprint density at radius 1 is 0.841 bits per heavy atom. The number of methoxy groups -OCH3 is 4. The molecule has 0 spiro atoms. The predicted octanol–water partition coefficient (Wildman–Crippen LogP) is 4.23. The van der Waals surface area contributed by atoms with Crippen LogP contribution in [-0.4, -0.2) is 72.1 Å². The summed E-state index contributed by atoms with van der Waals surface area (Å²) in [5.74, 6) is 3.67. The molecule has 6 atom stereocenters. The molecule has 11 nitrogen and oxygen atoms in total. The van der Waals surface area contributed by atoms with Crippen molar-refractivity contribution in [1.29, 1.82) is 0 Å². The van der Waals surface area contributed by atoms with Crippen LogP contribution in [0.1, 0.15) is 28.9 Å². The zero-order valence-corrected chi connectivity index (χ0v) is 25.1. The SMILES string of the molecule is COC[C@@H]1Cc2cc([C@H]3OC[C@@]4(O)[C@H](Oc5c(OC)cccc5OC)OC[C@@H]34)c(OC)cc2O[C@H]1c1ccc2c(c1)OCO2. The average molecular weight is 609 g/mol. The van der Waals surface area contributed by atoms with Gasteiger partial charge in [-0.15, -0.1) is 0 Å². The van der Waals surface area contributed by atoms with Crippen molar-refractivity contribution in [2.24, 2.45) is 11.8 Å². The van der Waals surface area contributed by atoms with Gasteiger partial charge in [0.15, 0.2) is 28.6 Å². The highest BCUT2D eigenvalue weighted by molar-refractivity contribution is 5.53. The summed E-state index contributed by atoms with van der Waals surface area (Å²) in [7, 11) is 6.40. The van der Waals surface area contributed by atoms with Gasteiger partial charge in [-0.25, -0.2) is 0 Å². The lowest BCUT2D eigenvalue weighted by Crippen LogP contribution is -2.47. The van der Waals surface area contributed by atoms with Gasteiger partial charge < -0.3 is 52.5 Å². The summed E-state index contributed by atoms with van der Waals surface area (Å²) in [6.07, 6.45) is -1.05. The van der Waals surface area contributed by atoms with E-state index in [2.05, 4.69) is 6.07 Å². The number of hydrogen-bond donors (Lipinski definition) is 1. The van der Waals surface area contributed by atoms with Gasteiger partial charge in [0.25, 0.3) is 0 Å². The van der Waals surface area contributed by atoms with Crippen LogP contribution in [0.15, 0.2) is 48.5 Å². The Morgan fingerprint density at radius 3 is 2.36 bits per heavy atom. The smallest absolute Gasteiger partial charge is 0.232 e. The van der Waals surface area contributed by atoms with E-state index in [1.54, 1.807) is 46.6 Å². The summed E-state index contributed by atoms with van der Waals surface area (Å²) in [4.78, 5) is 0. The Morgan fingerprint density at radius 2 is 1.61 bits per heavy atom. The van der Waals surface area contributed by atoms with Crippen LogP contribution < -0.4 is 33.2 Å². The monoisotopic (exact) mass is 608 g/mol. The van der Waals surface area contributed by atoms with Crippen molar-refractivity contribution in [3.63, 3.8) is 0 Å². The van der Waals surface area contributed by atoms with Crippen LogP contribution in [0.3, 0.4) is 0 Å². The molecule has 44 heavy (non-hydrogen) atoms. The largest absolute Gasteiger partial charge is 0.496 e. The van der Waals surface area contributed by atoms with E-state index < -0.39 is 23.9 Å². The molecule has 7 rings (SSSR count). The standard InChI is InChI=1S/C33H36O11/c1-35-14-20-10-19-11-21(27(38-4)13-26(19)43-29(20)18-8-9-23-28(12-18)42-17-41-23)30-22-15-39-32(33(22,34)16-40-30)44-31-24(36-2)6-5-7-25(31)37-3/h5-9,11-13,20,22,29-30,32,34H,10,14-17H2,1-4H3/t20-,22-,29-,30+,32-,33-/m0/s1. The molecule has 0 aromatic heterocycles. The number of fused-ring (bicyclic) bond motifs is 3. The second-order valence-electron chi connectivity index (χ2n) is 11.4. The lowest BCUT2D eigenvalue weighted by atomic mass is 9.83. The van der Waals surface area contributed by atoms with Gasteiger partial charge in [-0.1, -0.05) is 12.1 Å². The van der Waals surface area contributed by atoms with Crippen molar-refractivity contribution in [3.8, 4) is 40.2 Å². The lowest BCUT2D eigenvalue weighted by Gasteiger charge is -2.35. The van der Waals surface area contributed by atoms with Gasteiger partial charge in [-0.3, -0.25) is 0 Å². The molecule has 0 unspecified atom stereocenters. The molecule has 4 heterocycles. The minimum atomic E-state index is -1.42. The van der Waals surface area contributed by atoms with Crippen LogP contribution in [0.25, 0.3) is 0 Å². The van der Waals surface area contributed by atoms with E-state index in [1.165, 1.54) is 0 Å². The van der Waals surface area contributed by atoms with Crippen LogP contribution in [0.2, 0.25) is 0 Å². The van der Waals surface area contributed by atoms with Crippen molar-refractivity contribution >= 4 is 0 Å². The van der Waals surface area contributed by atoms with Gasteiger partial charge in [0, 0.05) is 24.7 Å².